The number of aliphatic hydroxyl groups is 1. The second-order valence-corrected chi connectivity index (χ2v) is 5.34. The first-order chi connectivity index (χ1) is 6.02. The van der Waals surface area contributed by atoms with E-state index in [1.165, 1.54) is 0 Å². The van der Waals surface area contributed by atoms with Gasteiger partial charge in [-0.05, 0) is 31.6 Å². The second-order valence-electron chi connectivity index (χ2n) is 5.34. The first kappa shape index (κ1) is 9.47. The number of fused-ring (bicyclic) bond motifs is 3. The molecule has 2 aliphatic heterocycles. The first-order valence-corrected chi connectivity index (χ1v) is 5.27. The van der Waals surface area contributed by atoms with Crippen LogP contribution in [0.25, 0.3) is 0 Å². The Labute approximate surface area is 80.3 Å². The van der Waals surface area contributed by atoms with Crippen LogP contribution in [0, 0.1) is 17.3 Å². The summed E-state index contributed by atoms with van der Waals surface area (Å²) >= 11 is 0. The molecule has 2 nitrogen and oxygen atoms in total. The van der Waals surface area contributed by atoms with E-state index >= 15 is 0 Å². The Morgan fingerprint density at radius 3 is 2.23 bits per heavy atom. The van der Waals surface area contributed by atoms with Gasteiger partial charge in [-0.2, -0.15) is 0 Å². The second kappa shape index (κ2) is 2.71. The van der Waals surface area contributed by atoms with Gasteiger partial charge in [0.1, 0.15) is 0 Å². The number of ether oxygens (including phenoxy) is 1. The van der Waals surface area contributed by atoms with Crippen molar-refractivity contribution in [3.63, 3.8) is 0 Å². The first-order valence-electron chi connectivity index (χ1n) is 5.27. The molecule has 0 aromatic rings. The van der Waals surface area contributed by atoms with Gasteiger partial charge in [0.15, 0.2) is 0 Å². The Bertz CT molecular complexity index is 200. The molecule has 1 N–H and O–H groups in total. The molecule has 2 heterocycles. The van der Waals surface area contributed by atoms with Crippen molar-refractivity contribution in [3.8, 4) is 0 Å². The van der Waals surface area contributed by atoms with Crippen LogP contribution >= 0.6 is 0 Å². The van der Waals surface area contributed by atoms with Crippen LogP contribution in [0.1, 0.15) is 33.6 Å². The van der Waals surface area contributed by atoms with E-state index in [-0.39, 0.29) is 17.6 Å². The summed E-state index contributed by atoms with van der Waals surface area (Å²) in [5.41, 5.74) is 0.146. The zero-order valence-corrected chi connectivity index (χ0v) is 8.84. The molecule has 2 heteroatoms. The van der Waals surface area contributed by atoms with Crippen LogP contribution in [0.5, 0.6) is 0 Å². The monoisotopic (exact) mass is 184 g/mol. The van der Waals surface area contributed by atoms with Crippen molar-refractivity contribution in [3.05, 3.63) is 0 Å². The van der Waals surface area contributed by atoms with Gasteiger partial charge in [0.2, 0.25) is 0 Å². The van der Waals surface area contributed by atoms with E-state index in [9.17, 15) is 5.11 Å². The predicted molar refractivity (Wildman–Crippen MR) is 51.4 cm³/mol. The lowest BCUT2D eigenvalue weighted by molar-refractivity contribution is -0.236. The maximum Gasteiger partial charge on any atom is 0.0660 e. The molecular formula is C11H20O2. The summed E-state index contributed by atoms with van der Waals surface area (Å²) in [4.78, 5) is 0. The molecule has 1 aliphatic carbocycles. The quantitative estimate of drug-likeness (QED) is 0.673. The Morgan fingerprint density at radius 1 is 1.31 bits per heavy atom. The standard InChI is InChI=1S/C11H20O2/c1-8-4-10(3)5-9(2)11(8,6-12)7-13-10/h8-9,12H,4-7H2,1-3H3/t8-,9+,10?,11?. The van der Waals surface area contributed by atoms with Crippen molar-refractivity contribution in [1.29, 1.82) is 0 Å². The van der Waals surface area contributed by atoms with E-state index in [4.69, 9.17) is 4.74 Å². The number of hydrogen-bond acceptors (Lipinski definition) is 2. The molecule has 0 spiro atoms. The lowest BCUT2D eigenvalue weighted by Crippen LogP contribution is -2.59. The highest BCUT2D eigenvalue weighted by Gasteiger charge is 2.55. The topological polar surface area (TPSA) is 29.5 Å². The average Bonchev–Trinajstić information content (AvgIpc) is 2.03. The SMILES string of the molecule is C[C@@H]1CC2(C)C[C@H](C)C1(CO)CO2. The minimum Gasteiger partial charge on any atom is -0.396 e. The maximum atomic E-state index is 9.51. The van der Waals surface area contributed by atoms with Crippen molar-refractivity contribution in [2.75, 3.05) is 13.2 Å². The van der Waals surface area contributed by atoms with Crippen molar-refractivity contribution >= 4 is 0 Å². The molecule has 0 amide bonds. The van der Waals surface area contributed by atoms with Crippen LogP contribution in [0.3, 0.4) is 0 Å². The van der Waals surface area contributed by atoms with Gasteiger partial charge in [0, 0.05) is 5.41 Å². The van der Waals surface area contributed by atoms with Gasteiger partial charge in [0.25, 0.3) is 0 Å². The van der Waals surface area contributed by atoms with Gasteiger partial charge in [0.05, 0.1) is 18.8 Å². The van der Waals surface area contributed by atoms with Crippen LogP contribution in [0.2, 0.25) is 0 Å². The van der Waals surface area contributed by atoms with Gasteiger partial charge in [-0.1, -0.05) is 13.8 Å². The van der Waals surface area contributed by atoms with E-state index in [1.807, 2.05) is 0 Å². The predicted octanol–water partition coefficient (Wildman–Crippen LogP) is 1.82. The Hall–Kier alpha value is -0.0800. The maximum absolute atomic E-state index is 9.51. The highest BCUT2D eigenvalue weighted by Crippen LogP contribution is 2.54. The molecule has 3 fully saturated rings. The van der Waals surface area contributed by atoms with E-state index in [1.54, 1.807) is 0 Å². The number of hydrogen-bond donors (Lipinski definition) is 1. The summed E-state index contributed by atoms with van der Waals surface area (Å²) in [6.45, 7) is 7.76. The summed E-state index contributed by atoms with van der Waals surface area (Å²) in [5, 5.41) is 9.51. The fourth-order valence-electron chi connectivity index (χ4n) is 3.34. The van der Waals surface area contributed by atoms with Crippen LogP contribution in [0.4, 0.5) is 0 Å². The highest BCUT2D eigenvalue weighted by atomic mass is 16.5. The van der Waals surface area contributed by atoms with E-state index in [0.717, 1.165) is 19.4 Å². The van der Waals surface area contributed by atoms with E-state index < -0.39 is 0 Å². The Morgan fingerprint density at radius 2 is 1.85 bits per heavy atom. The molecule has 0 aromatic heterocycles. The molecule has 1 saturated carbocycles. The van der Waals surface area contributed by atoms with E-state index in [2.05, 4.69) is 20.8 Å². The van der Waals surface area contributed by atoms with Gasteiger partial charge >= 0.3 is 0 Å². The lowest BCUT2D eigenvalue weighted by Gasteiger charge is -2.58. The van der Waals surface area contributed by atoms with Crippen LogP contribution < -0.4 is 0 Å². The molecular weight excluding hydrogens is 164 g/mol. The summed E-state index contributed by atoms with van der Waals surface area (Å²) < 4.78 is 5.84. The molecule has 2 bridgehead atoms. The fraction of sp³-hybridized carbons (Fsp3) is 1.00. The summed E-state index contributed by atoms with van der Waals surface area (Å²) in [7, 11) is 0. The van der Waals surface area contributed by atoms with Crippen molar-refractivity contribution in [2.45, 2.75) is 39.2 Å². The summed E-state index contributed by atoms with van der Waals surface area (Å²) in [5.74, 6) is 1.19. The third-order valence-electron chi connectivity index (χ3n) is 4.42. The van der Waals surface area contributed by atoms with Crippen LogP contribution in [-0.2, 0) is 4.74 Å². The largest absolute Gasteiger partial charge is 0.396 e. The fourth-order valence-corrected chi connectivity index (χ4v) is 3.34. The number of rotatable bonds is 1. The Kier molecular flexibility index (Phi) is 1.97. The minimum absolute atomic E-state index is 0.0533. The molecule has 3 rings (SSSR count). The lowest BCUT2D eigenvalue weighted by atomic mass is 9.56. The summed E-state index contributed by atoms with van der Waals surface area (Å²) in [6.07, 6.45) is 2.22. The normalized spacial score (nSPS) is 55.4. The third-order valence-corrected chi connectivity index (χ3v) is 4.42. The highest BCUT2D eigenvalue weighted by molar-refractivity contribution is 5.03. The number of aliphatic hydroxyl groups excluding tert-OH is 1. The molecule has 4 atom stereocenters. The van der Waals surface area contributed by atoms with Gasteiger partial charge in [-0.3, -0.25) is 0 Å². The molecule has 13 heavy (non-hydrogen) atoms. The molecule has 0 radical (unpaired) electrons. The van der Waals surface area contributed by atoms with Crippen molar-refractivity contribution < 1.29 is 9.84 Å². The minimum atomic E-state index is 0.0533. The third kappa shape index (κ3) is 1.15. The van der Waals surface area contributed by atoms with Gasteiger partial charge in [-0.15, -0.1) is 0 Å². The molecule has 2 unspecified atom stereocenters. The molecule has 3 aliphatic rings. The molecule has 0 aromatic carbocycles. The smallest absolute Gasteiger partial charge is 0.0660 e. The molecule has 2 saturated heterocycles. The Balaban J connectivity index is 2.29. The van der Waals surface area contributed by atoms with Gasteiger partial charge in [-0.25, -0.2) is 0 Å². The molecule has 76 valence electrons. The van der Waals surface area contributed by atoms with Gasteiger partial charge < -0.3 is 9.84 Å². The van der Waals surface area contributed by atoms with Crippen LogP contribution in [0.15, 0.2) is 0 Å². The van der Waals surface area contributed by atoms with E-state index in [0.29, 0.717) is 11.8 Å². The zero-order chi connectivity index (χ0) is 9.69. The average molecular weight is 184 g/mol. The van der Waals surface area contributed by atoms with Crippen molar-refractivity contribution in [2.24, 2.45) is 17.3 Å². The zero-order valence-electron chi connectivity index (χ0n) is 8.84. The van der Waals surface area contributed by atoms with Crippen molar-refractivity contribution in [1.82, 2.24) is 0 Å². The summed E-state index contributed by atoms with van der Waals surface area (Å²) in [6, 6.07) is 0. The van der Waals surface area contributed by atoms with Crippen LogP contribution in [-0.4, -0.2) is 23.9 Å².